The number of nitrogens with zero attached hydrogens (tertiary/aromatic N) is 5. The van der Waals surface area contributed by atoms with Crippen molar-refractivity contribution in [1.29, 1.82) is 0 Å². The Labute approximate surface area is 130 Å². The largest absolute Gasteiger partial charge is 0.378 e. The molecule has 0 aromatic carbocycles. The summed E-state index contributed by atoms with van der Waals surface area (Å²) in [6, 6.07) is 2.02. The van der Waals surface area contributed by atoms with Gasteiger partial charge < -0.3 is 19.4 Å². The topological polar surface area (TPSA) is 61.8 Å². The van der Waals surface area contributed by atoms with Crippen LogP contribution in [0.2, 0.25) is 0 Å². The van der Waals surface area contributed by atoms with Gasteiger partial charge in [-0.15, -0.1) is 0 Å². The van der Waals surface area contributed by atoms with Gasteiger partial charge in [-0.3, -0.25) is 4.79 Å². The number of ether oxygens (including phenoxy) is 1. The fraction of sp³-hybridized carbons (Fsp3) is 0.667. The van der Waals surface area contributed by atoms with Crippen molar-refractivity contribution in [3.63, 3.8) is 0 Å². The fourth-order valence-electron chi connectivity index (χ4n) is 2.85. The Morgan fingerprint density at radius 1 is 1.05 bits per heavy atom. The summed E-state index contributed by atoms with van der Waals surface area (Å²) in [6.07, 6.45) is 0. The maximum absolute atomic E-state index is 11.4. The first kappa shape index (κ1) is 15.0. The molecule has 120 valence electrons. The molecule has 7 heteroatoms. The average molecular weight is 305 g/mol. The maximum atomic E-state index is 11.4. The molecule has 0 atom stereocenters. The van der Waals surface area contributed by atoms with Gasteiger partial charge in [0, 0.05) is 58.0 Å². The Hall–Kier alpha value is -1.89. The second-order valence-electron chi connectivity index (χ2n) is 5.76. The third-order valence-corrected chi connectivity index (χ3v) is 4.17. The monoisotopic (exact) mass is 305 g/mol. The lowest BCUT2D eigenvalue weighted by Crippen LogP contribution is -2.48. The van der Waals surface area contributed by atoms with E-state index in [0.29, 0.717) is 0 Å². The van der Waals surface area contributed by atoms with Gasteiger partial charge in [0.1, 0.15) is 5.82 Å². The van der Waals surface area contributed by atoms with Crippen LogP contribution in [-0.2, 0) is 9.53 Å². The second kappa shape index (κ2) is 6.48. The van der Waals surface area contributed by atoms with Crippen molar-refractivity contribution in [3.05, 3.63) is 11.8 Å². The molecule has 7 nitrogen and oxygen atoms in total. The molecule has 0 N–H and O–H groups in total. The van der Waals surface area contributed by atoms with Crippen LogP contribution in [-0.4, -0.2) is 73.3 Å². The lowest BCUT2D eigenvalue weighted by atomic mass is 10.3. The first-order chi connectivity index (χ1) is 10.6. The summed E-state index contributed by atoms with van der Waals surface area (Å²) in [5.41, 5.74) is 0.973. The summed E-state index contributed by atoms with van der Waals surface area (Å²) in [6.45, 7) is 9.89. The minimum atomic E-state index is 0.146. The van der Waals surface area contributed by atoms with E-state index in [1.165, 1.54) is 0 Å². The molecule has 2 aliphatic heterocycles. The Bertz CT molecular complexity index is 537. The van der Waals surface area contributed by atoms with Gasteiger partial charge in [-0.2, -0.15) is 4.98 Å². The lowest BCUT2D eigenvalue weighted by Gasteiger charge is -2.35. The van der Waals surface area contributed by atoms with Gasteiger partial charge in [0.05, 0.1) is 13.2 Å². The Balaban J connectivity index is 1.74. The van der Waals surface area contributed by atoms with Crippen LogP contribution in [0.3, 0.4) is 0 Å². The van der Waals surface area contributed by atoms with Gasteiger partial charge in [0.25, 0.3) is 0 Å². The van der Waals surface area contributed by atoms with E-state index in [2.05, 4.69) is 14.8 Å². The number of aryl methyl sites for hydroxylation is 1. The van der Waals surface area contributed by atoms with Crippen LogP contribution in [0.5, 0.6) is 0 Å². The fourth-order valence-corrected chi connectivity index (χ4v) is 2.85. The number of rotatable bonds is 2. The molecule has 3 rings (SSSR count). The molecule has 0 spiro atoms. The van der Waals surface area contributed by atoms with Crippen LogP contribution in [0.25, 0.3) is 0 Å². The highest BCUT2D eigenvalue weighted by Gasteiger charge is 2.21. The van der Waals surface area contributed by atoms with Crippen molar-refractivity contribution in [2.75, 3.05) is 62.3 Å². The van der Waals surface area contributed by atoms with E-state index in [9.17, 15) is 4.79 Å². The summed E-state index contributed by atoms with van der Waals surface area (Å²) in [5, 5.41) is 0. The first-order valence-electron chi connectivity index (χ1n) is 7.82. The highest BCUT2D eigenvalue weighted by molar-refractivity contribution is 5.73. The maximum Gasteiger partial charge on any atom is 0.227 e. The number of aromatic nitrogens is 2. The molecule has 0 aliphatic carbocycles. The zero-order valence-electron chi connectivity index (χ0n) is 13.3. The lowest BCUT2D eigenvalue weighted by molar-refractivity contribution is -0.129. The zero-order chi connectivity index (χ0) is 15.5. The predicted molar refractivity (Wildman–Crippen MR) is 84.3 cm³/mol. The number of hydrogen-bond acceptors (Lipinski definition) is 6. The normalized spacial score (nSPS) is 19.5. The van der Waals surface area contributed by atoms with E-state index in [1.807, 2.05) is 17.9 Å². The van der Waals surface area contributed by atoms with Crippen LogP contribution in [0, 0.1) is 6.92 Å². The number of carbonyl (C=O) groups excluding carboxylic acids is 1. The summed E-state index contributed by atoms with van der Waals surface area (Å²) >= 11 is 0. The van der Waals surface area contributed by atoms with E-state index in [0.717, 1.165) is 69.9 Å². The van der Waals surface area contributed by atoms with Crippen molar-refractivity contribution in [3.8, 4) is 0 Å². The van der Waals surface area contributed by atoms with Crippen molar-refractivity contribution in [2.24, 2.45) is 0 Å². The molecule has 0 saturated carbocycles. The van der Waals surface area contributed by atoms with Crippen LogP contribution in [0.4, 0.5) is 11.8 Å². The van der Waals surface area contributed by atoms with E-state index < -0.39 is 0 Å². The summed E-state index contributed by atoms with van der Waals surface area (Å²) in [4.78, 5) is 27.0. The molecule has 0 radical (unpaired) electrons. The average Bonchev–Trinajstić information content (AvgIpc) is 2.55. The van der Waals surface area contributed by atoms with E-state index in [4.69, 9.17) is 9.72 Å². The number of amides is 1. The van der Waals surface area contributed by atoms with Crippen molar-refractivity contribution < 1.29 is 9.53 Å². The molecule has 3 heterocycles. The molecule has 1 amide bonds. The van der Waals surface area contributed by atoms with Gasteiger partial charge in [0.15, 0.2) is 0 Å². The molecule has 1 aromatic rings. The smallest absolute Gasteiger partial charge is 0.227 e. The number of morpholine rings is 1. The molecule has 22 heavy (non-hydrogen) atoms. The zero-order valence-corrected chi connectivity index (χ0v) is 13.3. The number of anilines is 2. The van der Waals surface area contributed by atoms with E-state index >= 15 is 0 Å². The van der Waals surface area contributed by atoms with Gasteiger partial charge in [-0.05, 0) is 6.92 Å². The second-order valence-corrected chi connectivity index (χ2v) is 5.76. The van der Waals surface area contributed by atoms with Crippen LogP contribution < -0.4 is 9.80 Å². The summed E-state index contributed by atoms with van der Waals surface area (Å²) in [5.74, 6) is 1.89. The first-order valence-corrected chi connectivity index (χ1v) is 7.82. The number of hydrogen-bond donors (Lipinski definition) is 0. The van der Waals surface area contributed by atoms with Gasteiger partial charge in [-0.1, -0.05) is 0 Å². The SMILES string of the molecule is CC(=O)N1CCN(c2cc(C)nc(N3CCOCC3)n2)CC1. The minimum absolute atomic E-state index is 0.146. The highest BCUT2D eigenvalue weighted by atomic mass is 16.5. The van der Waals surface area contributed by atoms with Gasteiger partial charge >= 0.3 is 0 Å². The molecule has 2 fully saturated rings. The Kier molecular flexibility index (Phi) is 4.42. The summed E-state index contributed by atoms with van der Waals surface area (Å²) in [7, 11) is 0. The Morgan fingerprint density at radius 3 is 2.36 bits per heavy atom. The molecule has 2 aliphatic rings. The molecule has 0 unspecified atom stereocenters. The van der Waals surface area contributed by atoms with E-state index in [-0.39, 0.29) is 5.91 Å². The third kappa shape index (κ3) is 3.30. The molecule has 0 bridgehead atoms. The molecule has 2 saturated heterocycles. The van der Waals surface area contributed by atoms with Crippen molar-refractivity contribution in [1.82, 2.24) is 14.9 Å². The minimum Gasteiger partial charge on any atom is -0.378 e. The molecular weight excluding hydrogens is 282 g/mol. The van der Waals surface area contributed by atoms with Crippen LogP contribution >= 0.6 is 0 Å². The van der Waals surface area contributed by atoms with Gasteiger partial charge in [0.2, 0.25) is 11.9 Å². The third-order valence-electron chi connectivity index (χ3n) is 4.17. The van der Waals surface area contributed by atoms with Crippen molar-refractivity contribution in [2.45, 2.75) is 13.8 Å². The predicted octanol–water partition coefficient (Wildman–Crippen LogP) is 0.290. The number of carbonyl (C=O) groups is 1. The summed E-state index contributed by atoms with van der Waals surface area (Å²) < 4.78 is 5.39. The molecule has 1 aromatic heterocycles. The molecular formula is C15H23N5O2. The number of piperazine rings is 1. The Morgan fingerprint density at radius 2 is 1.73 bits per heavy atom. The van der Waals surface area contributed by atoms with Crippen LogP contribution in [0.1, 0.15) is 12.6 Å². The quantitative estimate of drug-likeness (QED) is 0.783. The van der Waals surface area contributed by atoms with E-state index in [1.54, 1.807) is 6.92 Å². The van der Waals surface area contributed by atoms with Gasteiger partial charge in [-0.25, -0.2) is 4.98 Å². The highest BCUT2D eigenvalue weighted by Crippen LogP contribution is 2.19. The van der Waals surface area contributed by atoms with Crippen molar-refractivity contribution >= 4 is 17.7 Å². The standard InChI is InChI=1S/C15H23N5O2/c1-12-11-14(19-5-3-18(4-6-19)13(2)21)17-15(16-12)20-7-9-22-10-8-20/h11H,3-10H2,1-2H3. The van der Waals surface area contributed by atoms with Crippen LogP contribution in [0.15, 0.2) is 6.07 Å².